The van der Waals surface area contributed by atoms with E-state index in [-0.39, 0.29) is 22.3 Å². The molecule has 0 spiro atoms. The third kappa shape index (κ3) is 3.92. The highest BCUT2D eigenvalue weighted by atomic mass is 35.5. The van der Waals surface area contributed by atoms with Gasteiger partial charge in [-0.2, -0.15) is 0 Å². The summed E-state index contributed by atoms with van der Waals surface area (Å²) >= 11 is 6.26. The predicted octanol–water partition coefficient (Wildman–Crippen LogP) is 5.73. The number of carbonyl (C=O) groups is 5. The van der Waals surface area contributed by atoms with Gasteiger partial charge in [-0.05, 0) is 51.8 Å². The van der Waals surface area contributed by atoms with Crippen LogP contribution in [0.15, 0.2) is 64.7 Å². The van der Waals surface area contributed by atoms with Crippen LogP contribution >= 0.6 is 11.6 Å². The normalized spacial score (nSPS) is 22.4. The average molecular weight is 515 g/mol. The van der Waals surface area contributed by atoms with Gasteiger partial charge < -0.3 is 4.74 Å². The molecule has 2 aromatic carbocycles. The monoisotopic (exact) mass is 514 g/mol. The van der Waals surface area contributed by atoms with Crippen LogP contribution in [0.1, 0.15) is 80.6 Å². The maximum atomic E-state index is 13.6. The lowest BCUT2D eigenvalue weighted by Gasteiger charge is -2.33. The smallest absolute Gasteiger partial charge is 0.231 e. The molecule has 186 valence electrons. The molecule has 37 heavy (non-hydrogen) atoms. The lowest BCUT2D eigenvalue weighted by Crippen LogP contribution is -2.42. The van der Waals surface area contributed by atoms with Crippen LogP contribution < -0.4 is 4.74 Å². The molecule has 2 aliphatic carbocycles. The number of rotatable bonds is 4. The van der Waals surface area contributed by atoms with Gasteiger partial charge in [0.25, 0.3) is 0 Å². The Morgan fingerprint density at radius 2 is 1.59 bits per heavy atom. The number of Topliss-reactive ketones (excluding diaryl/α,β-unsaturated/α-hetero) is 5. The lowest BCUT2D eigenvalue weighted by molar-refractivity contribution is -0.116. The zero-order valence-corrected chi connectivity index (χ0v) is 21.3. The zero-order valence-electron chi connectivity index (χ0n) is 20.5. The molecule has 2 unspecified atom stereocenters. The Morgan fingerprint density at radius 3 is 2.27 bits per heavy atom. The molecule has 1 heterocycles. The number of ketones is 5. The number of fused-ring (bicyclic) bond motifs is 4. The van der Waals surface area contributed by atoms with Crippen molar-refractivity contribution in [3.8, 4) is 5.75 Å². The fraction of sp³-hybridized carbons (Fsp3) is 0.233. The van der Waals surface area contributed by atoms with Crippen LogP contribution in [-0.2, 0) is 4.79 Å². The largest absolute Gasteiger partial charge is 0.483 e. The summed E-state index contributed by atoms with van der Waals surface area (Å²) in [7, 11) is 0. The second-order valence-corrected chi connectivity index (χ2v) is 10.3. The highest BCUT2D eigenvalue weighted by Crippen LogP contribution is 2.42. The second-order valence-electron chi connectivity index (χ2n) is 9.89. The van der Waals surface area contributed by atoms with Crippen molar-refractivity contribution in [3.63, 3.8) is 0 Å². The fourth-order valence-corrected chi connectivity index (χ4v) is 5.34. The van der Waals surface area contributed by atoms with Crippen LogP contribution in [0.3, 0.4) is 0 Å². The first-order valence-electron chi connectivity index (χ1n) is 11.9. The molecule has 1 aliphatic heterocycles. The molecule has 7 heteroatoms. The van der Waals surface area contributed by atoms with Gasteiger partial charge in [-0.25, -0.2) is 0 Å². The van der Waals surface area contributed by atoms with E-state index in [0.29, 0.717) is 17.7 Å². The van der Waals surface area contributed by atoms with E-state index in [0.717, 1.165) is 6.42 Å². The van der Waals surface area contributed by atoms with E-state index in [1.54, 1.807) is 24.3 Å². The van der Waals surface area contributed by atoms with Crippen molar-refractivity contribution in [1.82, 2.24) is 0 Å². The maximum Gasteiger partial charge on any atom is 0.231 e. The van der Waals surface area contributed by atoms with E-state index < -0.39 is 51.0 Å². The summed E-state index contributed by atoms with van der Waals surface area (Å²) in [4.78, 5) is 66.4. The van der Waals surface area contributed by atoms with Gasteiger partial charge in [-0.15, -0.1) is 0 Å². The number of hydrogen-bond donors (Lipinski definition) is 0. The Balaban J connectivity index is 1.55. The summed E-state index contributed by atoms with van der Waals surface area (Å²) in [6.45, 7) is 5.97. The number of halogens is 1. The van der Waals surface area contributed by atoms with E-state index in [1.165, 1.54) is 23.8 Å². The summed E-state index contributed by atoms with van der Waals surface area (Å²) in [5.41, 5.74) is 0.542. The van der Waals surface area contributed by atoms with Gasteiger partial charge in [0.2, 0.25) is 17.3 Å². The van der Waals surface area contributed by atoms with Gasteiger partial charge in [0.05, 0.1) is 5.03 Å². The Kier molecular flexibility index (Phi) is 5.95. The molecule has 0 fully saturated rings. The highest BCUT2D eigenvalue weighted by molar-refractivity contribution is 6.57. The molecule has 3 aliphatic rings. The molecule has 2 atom stereocenters. The predicted molar refractivity (Wildman–Crippen MR) is 138 cm³/mol. The first-order valence-corrected chi connectivity index (χ1v) is 12.3. The van der Waals surface area contributed by atoms with Crippen LogP contribution in [0.4, 0.5) is 0 Å². The summed E-state index contributed by atoms with van der Waals surface area (Å²) in [5, 5.41) is -0.514. The molecule has 0 bridgehead atoms. The number of carbonyl (C=O) groups excluding carboxylic acids is 5. The van der Waals surface area contributed by atoms with Crippen molar-refractivity contribution in [2.24, 2.45) is 5.92 Å². The SMILES string of the molecule is CC(C)=CCCC1(C)C=Cc2c(ccc3c2C(=O)C(=O)C(C2=C(Cl)C(=O)c4ccccc4C2=O)C3=O)O1. The van der Waals surface area contributed by atoms with Crippen LogP contribution in [-0.4, -0.2) is 34.5 Å². The topological polar surface area (TPSA) is 94.6 Å². The van der Waals surface area contributed by atoms with Crippen LogP contribution in [0, 0.1) is 5.92 Å². The van der Waals surface area contributed by atoms with E-state index in [2.05, 4.69) is 6.08 Å². The first kappa shape index (κ1) is 24.8. The number of ether oxygens (including phenoxy) is 1. The van der Waals surface area contributed by atoms with Gasteiger partial charge in [-0.3, -0.25) is 24.0 Å². The summed E-state index contributed by atoms with van der Waals surface area (Å²) in [5.74, 6) is -5.53. The molecule has 0 aromatic heterocycles. The first-order chi connectivity index (χ1) is 17.5. The Bertz CT molecular complexity index is 1540. The van der Waals surface area contributed by atoms with Crippen molar-refractivity contribution >= 4 is 46.6 Å². The molecular formula is C30H23ClO6. The molecule has 6 nitrogen and oxygen atoms in total. The maximum absolute atomic E-state index is 13.6. The third-order valence-corrected chi connectivity index (χ3v) is 7.35. The van der Waals surface area contributed by atoms with E-state index >= 15 is 0 Å². The summed E-state index contributed by atoms with van der Waals surface area (Å²) in [6, 6.07) is 9.05. The minimum absolute atomic E-state index is 0.00850. The van der Waals surface area contributed by atoms with Gasteiger partial charge in [0, 0.05) is 33.4 Å². The van der Waals surface area contributed by atoms with Gasteiger partial charge in [-0.1, -0.05) is 53.6 Å². The summed E-state index contributed by atoms with van der Waals surface area (Å²) < 4.78 is 6.20. The van der Waals surface area contributed by atoms with Crippen LogP contribution in [0.2, 0.25) is 0 Å². The number of hydrogen-bond acceptors (Lipinski definition) is 6. The van der Waals surface area contributed by atoms with Crippen molar-refractivity contribution < 1.29 is 28.7 Å². The number of benzene rings is 2. The van der Waals surface area contributed by atoms with E-state index in [4.69, 9.17) is 16.3 Å². The standard InChI is InChI=1S/C30H23ClO6/c1-15(2)7-6-13-30(3)14-12-18-20(37-30)11-10-19-21(18)28(35)29(36)23(26(19)33)22-24(31)27(34)17-9-5-4-8-16(17)25(22)32/h4-5,7-12,14,23H,6,13H2,1-3H3. The highest BCUT2D eigenvalue weighted by Gasteiger charge is 2.49. The fourth-order valence-electron chi connectivity index (χ4n) is 5.04. The molecule has 0 amide bonds. The molecule has 0 radical (unpaired) electrons. The molecule has 0 saturated heterocycles. The molecule has 5 rings (SSSR count). The number of allylic oxidation sites excluding steroid dienone is 4. The molecule has 0 saturated carbocycles. The van der Waals surface area contributed by atoms with Crippen molar-refractivity contribution in [2.45, 2.75) is 39.2 Å². The minimum Gasteiger partial charge on any atom is -0.483 e. The van der Waals surface area contributed by atoms with Gasteiger partial charge >= 0.3 is 0 Å². The third-order valence-electron chi connectivity index (χ3n) is 6.97. The van der Waals surface area contributed by atoms with Crippen LogP contribution in [0.25, 0.3) is 6.08 Å². The summed E-state index contributed by atoms with van der Waals surface area (Å²) in [6.07, 6.45) is 7.14. The van der Waals surface area contributed by atoms with E-state index in [9.17, 15) is 24.0 Å². The minimum atomic E-state index is -1.78. The molecule has 0 N–H and O–H groups in total. The Hall–Kier alpha value is -3.90. The Labute approximate surface area is 218 Å². The molecule has 2 aromatic rings. The quantitative estimate of drug-likeness (QED) is 0.293. The van der Waals surface area contributed by atoms with Crippen molar-refractivity contribution in [1.29, 1.82) is 0 Å². The lowest BCUT2D eigenvalue weighted by atomic mass is 9.71. The van der Waals surface area contributed by atoms with Crippen molar-refractivity contribution in [3.05, 3.63) is 92.5 Å². The van der Waals surface area contributed by atoms with Crippen molar-refractivity contribution in [2.75, 3.05) is 0 Å². The average Bonchev–Trinajstić information content (AvgIpc) is 2.87. The van der Waals surface area contributed by atoms with E-state index in [1.807, 2.05) is 26.8 Å². The zero-order chi connectivity index (χ0) is 26.6. The molecular weight excluding hydrogens is 492 g/mol. The second kappa shape index (κ2) is 8.89. The van der Waals surface area contributed by atoms with Crippen LogP contribution in [0.5, 0.6) is 5.75 Å². The van der Waals surface area contributed by atoms with Gasteiger partial charge in [0.1, 0.15) is 17.3 Å². The Morgan fingerprint density at radius 1 is 0.919 bits per heavy atom. The van der Waals surface area contributed by atoms with Gasteiger partial charge in [0.15, 0.2) is 11.6 Å².